The summed E-state index contributed by atoms with van der Waals surface area (Å²) in [4.78, 5) is 3.96. The van der Waals surface area contributed by atoms with Crippen molar-refractivity contribution < 1.29 is 4.74 Å². The molecule has 0 radical (unpaired) electrons. The second kappa shape index (κ2) is 3.23. The normalized spacial score (nSPS) is 9.64. The molecule has 0 aromatic carbocycles. The van der Waals surface area contributed by atoms with Crippen LogP contribution in [0.15, 0.2) is 12.3 Å². The van der Waals surface area contributed by atoms with Crippen LogP contribution < -0.4 is 10.5 Å². The summed E-state index contributed by atoms with van der Waals surface area (Å²) in [5, 5.41) is 0. The van der Waals surface area contributed by atoms with Gasteiger partial charge in [-0.1, -0.05) is 6.92 Å². The third-order valence-electron chi connectivity index (χ3n) is 1.62. The highest BCUT2D eigenvalue weighted by Gasteiger charge is 2.03. The molecule has 11 heavy (non-hydrogen) atoms. The van der Waals surface area contributed by atoms with Crippen LogP contribution in [0.4, 0.5) is 5.69 Å². The number of ether oxygens (including phenoxy) is 1. The molecule has 0 aliphatic heterocycles. The van der Waals surface area contributed by atoms with Crippen molar-refractivity contribution in [3.05, 3.63) is 17.8 Å². The molecule has 1 heterocycles. The number of nitrogens with two attached hydrogens (primary N) is 1. The fourth-order valence-electron chi connectivity index (χ4n) is 0.963. The summed E-state index contributed by atoms with van der Waals surface area (Å²) < 4.78 is 4.95. The van der Waals surface area contributed by atoms with Crippen molar-refractivity contribution in [2.45, 2.75) is 13.3 Å². The first-order valence-corrected chi connectivity index (χ1v) is 3.57. The van der Waals surface area contributed by atoms with Gasteiger partial charge >= 0.3 is 0 Å². The van der Waals surface area contributed by atoms with E-state index in [1.807, 2.05) is 13.0 Å². The molecular weight excluding hydrogens is 140 g/mol. The van der Waals surface area contributed by atoms with E-state index in [1.54, 1.807) is 13.3 Å². The summed E-state index contributed by atoms with van der Waals surface area (Å²) in [5.74, 6) is 0.518. The number of aromatic nitrogens is 1. The lowest BCUT2D eigenvalue weighted by atomic mass is 10.2. The number of nitrogens with zero attached hydrogens (tertiary/aromatic N) is 1. The van der Waals surface area contributed by atoms with Crippen LogP contribution in [-0.2, 0) is 6.42 Å². The lowest BCUT2D eigenvalue weighted by Gasteiger charge is -2.05. The quantitative estimate of drug-likeness (QED) is 0.693. The van der Waals surface area contributed by atoms with Gasteiger partial charge in [0.25, 0.3) is 0 Å². The standard InChI is InChI=1S/C8H12N2O/c1-3-6-4-5-10-8(11-2)7(6)9/h4-5H,3,9H2,1-2H3. The van der Waals surface area contributed by atoms with E-state index in [1.165, 1.54) is 0 Å². The molecule has 3 nitrogen and oxygen atoms in total. The molecule has 0 spiro atoms. The van der Waals surface area contributed by atoms with Crippen LogP contribution in [-0.4, -0.2) is 12.1 Å². The second-order valence-electron chi connectivity index (χ2n) is 2.25. The van der Waals surface area contributed by atoms with Gasteiger partial charge in [0, 0.05) is 6.20 Å². The first kappa shape index (κ1) is 7.85. The maximum atomic E-state index is 5.72. The highest BCUT2D eigenvalue weighted by molar-refractivity contribution is 5.54. The number of aryl methyl sites for hydroxylation is 1. The smallest absolute Gasteiger partial charge is 0.237 e. The molecule has 0 saturated heterocycles. The molecule has 0 atom stereocenters. The van der Waals surface area contributed by atoms with Crippen molar-refractivity contribution in [2.24, 2.45) is 0 Å². The predicted molar refractivity (Wildman–Crippen MR) is 44.6 cm³/mol. The fraction of sp³-hybridized carbons (Fsp3) is 0.375. The van der Waals surface area contributed by atoms with Crippen molar-refractivity contribution in [3.63, 3.8) is 0 Å². The van der Waals surface area contributed by atoms with Crippen molar-refractivity contribution in [1.29, 1.82) is 0 Å². The van der Waals surface area contributed by atoms with E-state index in [9.17, 15) is 0 Å². The van der Waals surface area contributed by atoms with Crippen LogP contribution in [0.25, 0.3) is 0 Å². The van der Waals surface area contributed by atoms with Gasteiger partial charge < -0.3 is 10.5 Å². The van der Waals surface area contributed by atoms with Crippen molar-refractivity contribution in [3.8, 4) is 5.88 Å². The SMILES string of the molecule is CCc1ccnc(OC)c1N. The topological polar surface area (TPSA) is 48.1 Å². The number of nitrogen functional groups attached to an aromatic ring is 1. The van der Waals surface area contributed by atoms with E-state index in [0.29, 0.717) is 11.6 Å². The third-order valence-corrected chi connectivity index (χ3v) is 1.62. The molecule has 0 aliphatic rings. The van der Waals surface area contributed by atoms with Crippen LogP contribution >= 0.6 is 0 Å². The summed E-state index contributed by atoms with van der Waals surface area (Å²) in [7, 11) is 1.57. The van der Waals surface area contributed by atoms with Gasteiger partial charge in [0.05, 0.1) is 12.8 Å². The number of hydrogen-bond donors (Lipinski definition) is 1. The van der Waals surface area contributed by atoms with Crippen molar-refractivity contribution in [1.82, 2.24) is 4.98 Å². The summed E-state index contributed by atoms with van der Waals surface area (Å²) in [6.07, 6.45) is 2.61. The highest BCUT2D eigenvalue weighted by Crippen LogP contribution is 2.21. The minimum absolute atomic E-state index is 0.518. The zero-order chi connectivity index (χ0) is 8.27. The van der Waals surface area contributed by atoms with Gasteiger partial charge in [0.15, 0.2) is 0 Å². The molecular formula is C8H12N2O. The third kappa shape index (κ3) is 1.42. The van der Waals surface area contributed by atoms with Crippen LogP contribution in [0.5, 0.6) is 5.88 Å². The average Bonchev–Trinajstić information content (AvgIpc) is 2.05. The Kier molecular flexibility index (Phi) is 2.31. The Morgan fingerprint density at radius 1 is 1.64 bits per heavy atom. The number of pyridine rings is 1. The van der Waals surface area contributed by atoms with E-state index in [-0.39, 0.29) is 0 Å². The van der Waals surface area contributed by atoms with Crippen LogP contribution in [0.3, 0.4) is 0 Å². The Labute approximate surface area is 66.2 Å². The molecule has 0 fully saturated rings. The summed E-state index contributed by atoms with van der Waals surface area (Å²) in [5.41, 5.74) is 7.45. The maximum Gasteiger partial charge on any atom is 0.237 e. The van der Waals surface area contributed by atoms with Gasteiger partial charge in [0.2, 0.25) is 5.88 Å². The molecule has 2 N–H and O–H groups in total. The summed E-state index contributed by atoms with van der Waals surface area (Å²) in [6, 6.07) is 1.90. The van der Waals surface area contributed by atoms with Crippen LogP contribution in [0.2, 0.25) is 0 Å². The number of rotatable bonds is 2. The van der Waals surface area contributed by atoms with Gasteiger partial charge in [-0.15, -0.1) is 0 Å². The molecule has 0 saturated carbocycles. The lowest BCUT2D eigenvalue weighted by Crippen LogP contribution is -1.98. The molecule has 3 heteroatoms. The van der Waals surface area contributed by atoms with Gasteiger partial charge in [-0.3, -0.25) is 0 Å². The zero-order valence-electron chi connectivity index (χ0n) is 6.79. The Balaban J connectivity index is 3.10. The van der Waals surface area contributed by atoms with E-state index in [2.05, 4.69) is 4.98 Å². The highest BCUT2D eigenvalue weighted by atomic mass is 16.5. The summed E-state index contributed by atoms with van der Waals surface area (Å²) in [6.45, 7) is 2.05. The number of hydrogen-bond acceptors (Lipinski definition) is 3. The molecule has 0 aliphatic carbocycles. The summed E-state index contributed by atoms with van der Waals surface area (Å²) >= 11 is 0. The Hall–Kier alpha value is -1.25. The van der Waals surface area contributed by atoms with Crippen LogP contribution in [0.1, 0.15) is 12.5 Å². The molecule has 0 unspecified atom stereocenters. The Bertz CT molecular complexity index is 226. The minimum atomic E-state index is 0.518. The molecule has 60 valence electrons. The lowest BCUT2D eigenvalue weighted by molar-refractivity contribution is 0.400. The monoisotopic (exact) mass is 152 g/mol. The molecule has 0 bridgehead atoms. The van der Waals surface area contributed by atoms with E-state index in [0.717, 1.165) is 12.0 Å². The van der Waals surface area contributed by atoms with Gasteiger partial charge in [0.1, 0.15) is 0 Å². The fourth-order valence-corrected chi connectivity index (χ4v) is 0.963. The molecule has 0 amide bonds. The van der Waals surface area contributed by atoms with Crippen molar-refractivity contribution in [2.75, 3.05) is 12.8 Å². The number of anilines is 1. The Morgan fingerprint density at radius 3 is 2.91 bits per heavy atom. The van der Waals surface area contributed by atoms with E-state index < -0.39 is 0 Å². The Morgan fingerprint density at radius 2 is 2.36 bits per heavy atom. The first-order chi connectivity index (χ1) is 5.29. The van der Waals surface area contributed by atoms with Gasteiger partial charge in [-0.05, 0) is 18.1 Å². The van der Waals surface area contributed by atoms with Crippen LogP contribution in [0, 0.1) is 0 Å². The second-order valence-corrected chi connectivity index (χ2v) is 2.25. The molecule has 1 aromatic rings. The van der Waals surface area contributed by atoms with E-state index in [4.69, 9.17) is 10.5 Å². The molecule has 1 rings (SSSR count). The zero-order valence-corrected chi connectivity index (χ0v) is 6.79. The van der Waals surface area contributed by atoms with Gasteiger partial charge in [-0.25, -0.2) is 4.98 Å². The average molecular weight is 152 g/mol. The number of methoxy groups -OCH3 is 1. The molecule has 1 aromatic heterocycles. The first-order valence-electron chi connectivity index (χ1n) is 3.57. The minimum Gasteiger partial charge on any atom is -0.480 e. The van der Waals surface area contributed by atoms with Crippen molar-refractivity contribution >= 4 is 5.69 Å². The largest absolute Gasteiger partial charge is 0.480 e. The van der Waals surface area contributed by atoms with Gasteiger partial charge in [-0.2, -0.15) is 0 Å². The maximum absolute atomic E-state index is 5.72. The van der Waals surface area contributed by atoms with E-state index >= 15 is 0 Å². The predicted octanol–water partition coefficient (Wildman–Crippen LogP) is 1.23.